The van der Waals surface area contributed by atoms with Crippen LogP contribution in [0.1, 0.15) is 12.5 Å². The largest absolute Gasteiger partial charge is 0.476 e. The van der Waals surface area contributed by atoms with E-state index in [1.165, 1.54) is 6.07 Å². The van der Waals surface area contributed by atoms with Gasteiger partial charge in [0, 0.05) is 23.1 Å². The topological polar surface area (TPSA) is 63.2 Å². The van der Waals surface area contributed by atoms with E-state index in [-0.39, 0.29) is 0 Å². The Morgan fingerprint density at radius 3 is 2.65 bits per heavy atom. The maximum atomic E-state index is 11.9. The van der Waals surface area contributed by atoms with Crippen molar-refractivity contribution in [3.63, 3.8) is 0 Å². The summed E-state index contributed by atoms with van der Waals surface area (Å²) in [5.41, 5.74) is 2.93. The lowest BCUT2D eigenvalue weighted by Crippen LogP contribution is -2.08. The zero-order valence-corrected chi connectivity index (χ0v) is 12.9. The van der Waals surface area contributed by atoms with E-state index in [2.05, 4.69) is 0 Å². The molecule has 0 spiro atoms. The second kappa shape index (κ2) is 5.98. The van der Waals surface area contributed by atoms with Crippen molar-refractivity contribution in [3.05, 3.63) is 64.5 Å². The van der Waals surface area contributed by atoms with Crippen LogP contribution in [0.15, 0.2) is 57.7 Å². The predicted molar refractivity (Wildman–Crippen MR) is 88.4 cm³/mol. The molecule has 0 saturated heterocycles. The summed E-state index contributed by atoms with van der Waals surface area (Å²) in [5.74, 6) is 0.497. The van der Waals surface area contributed by atoms with Gasteiger partial charge in [0.05, 0.1) is 0 Å². The molecule has 23 heavy (non-hydrogen) atoms. The van der Waals surface area contributed by atoms with Crippen LogP contribution in [0.25, 0.3) is 22.1 Å². The Hall–Kier alpha value is -3.06. The van der Waals surface area contributed by atoms with Gasteiger partial charge in [0.15, 0.2) is 6.10 Å². The summed E-state index contributed by atoms with van der Waals surface area (Å²) in [4.78, 5) is 11.9. The molecule has 4 nitrogen and oxygen atoms in total. The fraction of sp³-hybridized carbons (Fsp3) is 0.158. The molecule has 0 amide bonds. The molecule has 0 unspecified atom stereocenters. The van der Waals surface area contributed by atoms with Gasteiger partial charge in [0.2, 0.25) is 0 Å². The van der Waals surface area contributed by atoms with Gasteiger partial charge in [-0.25, -0.2) is 4.79 Å². The third-order valence-corrected chi connectivity index (χ3v) is 3.65. The van der Waals surface area contributed by atoms with Crippen LogP contribution < -0.4 is 10.4 Å². The summed E-state index contributed by atoms with van der Waals surface area (Å²) in [7, 11) is 0. The van der Waals surface area contributed by atoms with E-state index in [0.29, 0.717) is 11.3 Å². The van der Waals surface area contributed by atoms with Crippen LogP contribution in [-0.4, -0.2) is 6.10 Å². The monoisotopic (exact) mass is 305 g/mol. The molecule has 0 aliphatic heterocycles. The summed E-state index contributed by atoms with van der Waals surface area (Å²) >= 11 is 0. The number of rotatable bonds is 3. The van der Waals surface area contributed by atoms with Crippen molar-refractivity contribution in [1.29, 1.82) is 5.26 Å². The highest BCUT2D eigenvalue weighted by molar-refractivity contribution is 5.94. The van der Waals surface area contributed by atoms with Gasteiger partial charge in [0.1, 0.15) is 17.4 Å². The molecule has 0 saturated carbocycles. The molecule has 0 bridgehead atoms. The molecule has 0 N–H and O–H groups in total. The summed E-state index contributed by atoms with van der Waals surface area (Å²) in [6, 6.07) is 16.7. The van der Waals surface area contributed by atoms with Crippen LogP contribution in [0.5, 0.6) is 5.75 Å². The quantitative estimate of drug-likeness (QED) is 0.685. The van der Waals surface area contributed by atoms with Gasteiger partial charge in [-0.15, -0.1) is 0 Å². The van der Waals surface area contributed by atoms with Gasteiger partial charge in [-0.2, -0.15) is 5.26 Å². The number of nitrogens with zero attached hydrogens (tertiary/aromatic N) is 1. The zero-order chi connectivity index (χ0) is 16.4. The number of ether oxygens (including phenoxy) is 1. The normalized spacial score (nSPS) is 11.9. The van der Waals surface area contributed by atoms with Crippen molar-refractivity contribution in [2.45, 2.75) is 20.0 Å². The Balaban J connectivity index is 2.19. The molecule has 1 atom stereocenters. The first-order valence-corrected chi connectivity index (χ1v) is 7.28. The van der Waals surface area contributed by atoms with Gasteiger partial charge >= 0.3 is 5.63 Å². The van der Waals surface area contributed by atoms with E-state index in [9.17, 15) is 4.79 Å². The summed E-state index contributed by atoms with van der Waals surface area (Å²) in [5, 5.41) is 9.66. The summed E-state index contributed by atoms with van der Waals surface area (Å²) in [6.07, 6.45) is -0.571. The lowest BCUT2D eigenvalue weighted by Gasteiger charge is -2.11. The van der Waals surface area contributed by atoms with E-state index in [1.54, 1.807) is 19.1 Å². The van der Waals surface area contributed by atoms with Crippen molar-refractivity contribution < 1.29 is 9.15 Å². The Kier molecular flexibility index (Phi) is 3.86. The third kappa shape index (κ3) is 2.95. The maximum Gasteiger partial charge on any atom is 0.336 e. The van der Waals surface area contributed by atoms with E-state index in [4.69, 9.17) is 14.4 Å². The minimum absolute atomic E-state index is 0.416. The molecule has 1 aromatic heterocycles. The Morgan fingerprint density at radius 2 is 1.91 bits per heavy atom. The highest BCUT2D eigenvalue weighted by Gasteiger charge is 2.11. The Morgan fingerprint density at radius 1 is 1.13 bits per heavy atom. The minimum Gasteiger partial charge on any atom is -0.476 e. The summed E-state index contributed by atoms with van der Waals surface area (Å²) < 4.78 is 10.8. The number of hydrogen-bond donors (Lipinski definition) is 0. The van der Waals surface area contributed by atoms with Crippen LogP contribution in [-0.2, 0) is 0 Å². The second-order valence-electron chi connectivity index (χ2n) is 5.34. The fourth-order valence-electron chi connectivity index (χ4n) is 2.54. The predicted octanol–water partition coefficient (Wildman–Crippen LogP) is 4.06. The lowest BCUT2D eigenvalue weighted by molar-refractivity contribution is 0.276. The average Bonchev–Trinajstić information content (AvgIpc) is 2.54. The Bertz CT molecular complexity index is 966. The lowest BCUT2D eigenvalue weighted by atomic mass is 9.98. The molecule has 3 aromatic rings. The van der Waals surface area contributed by atoms with Crippen molar-refractivity contribution >= 4 is 11.0 Å². The fourth-order valence-corrected chi connectivity index (χ4v) is 2.54. The molecule has 3 rings (SSSR count). The minimum atomic E-state index is -0.571. The molecular weight excluding hydrogens is 290 g/mol. The van der Waals surface area contributed by atoms with Crippen LogP contribution in [0, 0.1) is 18.3 Å². The Labute approximate surface area is 133 Å². The van der Waals surface area contributed by atoms with Crippen molar-refractivity contribution in [2.75, 3.05) is 0 Å². The van der Waals surface area contributed by atoms with Gasteiger partial charge in [-0.1, -0.05) is 24.3 Å². The van der Waals surface area contributed by atoms with Gasteiger partial charge in [0.25, 0.3) is 0 Å². The molecule has 0 fully saturated rings. The van der Waals surface area contributed by atoms with E-state index in [1.807, 2.05) is 43.3 Å². The van der Waals surface area contributed by atoms with Crippen LogP contribution in [0.4, 0.5) is 0 Å². The molecule has 2 aromatic carbocycles. The number of aryl methyl sites for hydroxylation is 1. The molecule has 0 aliphatic carbocycles. The SMILES string of the molecule is Cc1ccccc1-c1cc(=O)oc2cc(O[C@@H](C)C#N)ccc12. The standard InChI is InChI=1S/C19H15NO3/c1-12-5-3-4-6-15(12)17-10-19(21)23-18-9-14(7-8-16(17)18)22-13(2)11-20/h3-10,13H,1-2H3/t13-/m0/s1. The summed E-state index contributed by atoms with van der Waals surface area (Å²) in [6.45, 7) is 3.66. The molecular formula is C19H15NO3. The second-order valence-corrected chi connectivity index (χ2v) is 5.34. The highest BCUT2D eigenvalue weighted by atomic mass is 16.5. The van der Waals surface area contributed by atoms with Crippen LogP contribution in [0.2, 0.25) is 0 Å². The molecule has 0 aliphatic rings. The maximum absolute atomic E-state index is 11.9. The van der Waals surface area contributed by atoms with Gasteiger partial charge in [-0.05, 0) is 37.1 Å². The first-order chi connectivity index (χ1) is 11.1. The molecule has 114 valence electrons. The van der Waals surface area contributed by atoms with Crippen LogP contribution >= 0.6 is 0 Å². The van der Waals surface area contributed by atoms with E-state index in [0.717, 1.165) is 22.1 Å². The molecule has 0 radical (unpaired) electrons. The van der Waals surface area contributed by atoms with E-state index >= 15 is 0 Å². The number of hydrogen-bond acceptors (Lipinski definition) is 4. The first-order valence-electron chi connectivity index (χ1n) is 7.28. The smallest absolute Gasteiger partial charge is 0.336 e. The number of nitriles is 1. The highest BCUT2D eigenvalue weighted by Crippen LogP contribution is 2.31. The molecule has 1 heterocycles. The number of benzene rings is 2. The average molecular weight is 305 g/mol. The zero-order valence-electron chi connectivity index (χ0n) is 12.9. The van der Waals surface area contributed by atoms with Gasteiger partial charge in [-0.3, -0.25) is 0 Å². The third-order valence-electron chi connectivity index (χ3n) is 3.65. The van der Waals surface area contributed by atoms with Crippen LogP contribution in [0.3, 0.4) is 0 Å². The van der Waals surface area contributed by atoms with E-state index < -0.39 is 11.7 Å². The van der Waals surface area contributed by atoms with Gasteiger partial charge < -0.3 is 9.15 Å². The van der Waals surface area contributed by atoms with Crippen molar-refractivity contribution in [3.8, 4) is 22.9 Å². The van der Waals surface area contributed by atoms with Crippen molar-refractivity contribution in [1.82, 2.24) is 0 Å². The number of fused-ring (bicyclic) bond motifs is 1. The van der Waals surface area contributed by atoms with Crippen molar-refractivity contribution in [2.24, 2.45) is 0 Å². The molecule has 4 heteroatoms. The first kappa shape index (κ1) is 14.9.